The predicted octanol–water partition coefficient (Wildman–Crippen LogP) is 4.72. The molecule has 0 radical (unpaired) electrons. The van der Waals surface area contributed by atoms with Gasteiger partial charge < -0.3 is 25.4 Å². The van der Waals surface area contributed by atoms with E-state index in [-0.39, 0.29) is 18.6 Å². The number of nitrogens with one attached hydrogen (secondary N) is 3. The average Bonchev–Trinajstić information content (AvgIpc) is 2.82. The Kier molecular flexibility index (Phi) is 11.8. The molecular weight excluding hydrogens is 458 g/mol. The second kappa shape index (κ2) is 14.8. The minimum atomic E-state index is -0.756. The highest BCUT2D eigenvalue weighted by Gasteiger charge is 2.23. The first kappa shape index (κ1) is 28.7. The molecule has 36 heavy (non-hydrogen) atoms. The molecule has 8 nitrogen and oxygen atoms in total. The summed E-state index contributed by atoms with van der Waals surface area (Å²) in [4.78, 5) is 37.2. The average molecular weight is 498 g/mol. The van der Waals surface area contributed by atoms with E-state index in [9.17, 15) is 14.4 Å². The Morgan fingerprint density at radius 2 is 1.44 bits per heavy atom. The standard InChI is InChI=1S/C28H39N3O5/c1-21(19-22-13-7-5-8-14-22)30-25(32)24(17-11-12-18-29-26(33)36-28(2,3)4)31-27(34)35-20-23-15-9-6-10-16-23/h5-10,13-16,21,24H,11-12,17-20H2,1-4H3,(H,29,33)(H,30,32)(H,31,34)/t21-,24-/m0/s1. The van der Waals surface area contributed by atoms with Crippen molar-refractivity contribution in [1.82, 2.24) is 16.0 Å². The van der Waals surface area contributed by atoms with Gasteiger partial charge in [-0.05, 0) is 64.5 Å². The van der Waals surface area contributed by atoms with Crippen LogP contribution in [-0.4, -0.2) is 42.3 Å². The topological polar surface area (TPSA) is 106 Å². The van der Waals surface area contributed by atoms with E-state index in [0.717, 1.165) is 11.1 Å². The molecule has 3 N–H and O–H groups in total. The van der Waals surface area contributed by atoms with Crippen LogP contribution in [0.4, 0.5) is 9.59 Å². The number of hydrogen-bond acceptors (Lipinski definition) is 5. The van der Waals surface area contributed by atoms with Gasteiger partial charge in [-0.25, -0.2) is 9.59 Å². The van der Waals surface area contributed by atoms with Gasteiger partial charge in [0.2, 0.25) is 5.91 Å². The van der Waals surface area contributed by atoms with E-state index in [1.807, 2.05) is 67.6 Å². The van der Waals surface area contributed by atoms with Gasteiger partial charge in [0.1, 0.15) is 18.2 Å². The predicted molar refractivity (Wildman–Crippen MR) is 139 cm³/mol. The third kappa shape index (κ3) is 12.2. The van der Waals surface area contributed by atoms with Crippen molar-refractivity contribution in [3.8, 4) is 0 Å². The lowest BCUT2D eigenvalue weighted by Gasteiger charge is -2.22. The van der Waals surface area contributed by atoms with Crippen LogP contribution < -0.4 is 16.0 Å². The van der Waals surface area contributed by atoms with Crippen LogP contribution in [0.1, 0.15) is 58.1 Å². The molecule has 0 aliphatic rings. The fraction of sp³-hybridized carbons (Fsp3) is 0.464. The number of benzene rings is 2. The summed E-state index contributed by atoms with van der Waals surface area (Å²) in [5, 5.41) is 8.40. The summed E-state index contributed by atoms with van der Waals surface area (Å²) < 4.78 is 10.5. The van der Waals surface area contributed by atoms with Gasteiger partial charge in [0.25, 0.3) is 0 Å². The first-order chi connectivity index (χ1) is 17.1. The zero-order valence-electron chi connectivity index (χ0n) is 21.7. The highest BCUT2D eigenvalue weighted by Crippen LogP contribution is 2.08. The summed E-state index contributed by atoms with van der Waals surface area (Å²) in [7, 11) is 0. The van der Waals surface area contributed by atoms with Crippen LogP contribution in [0.5, 0.6) is 0 Å². The van der Waals surface area contributed by atoms with Gasteiger partial charge in [0, 0.05) is 12.6 Å². The monoisotopic (exact) mass is 497 g/mol. The SMILES string of the molecule is C[C@@H](Cc1ccccc1)NC(=O)[C@H](CCCCNC(=O)OC(C)(C)C)NC(=O)OCc1ccccc1. The fourth-order valence-corrected chi connectivity index (χ4v) is 3.52. The van der Waals surface area contributed by atoms with Crippen molar-refractivity contribution in [2.45, 2.75) is 77.7 Å². The van der Waals surface area contributed by atoms with Crippen molar-refractivity contribution >= 4 is 18.1 Å². The van der Waals surface area contributed by atoms with Gasteiger partial charge in [0.05, 0.1) is 0 Å². The molecule has 2 aromatic rings. The lowest BCUT2D eigenvalue weighted by atomic mass is 10.1. The Hall–Kier alpha value is -3.55. The van der Waals surface area contributed by atoms with Crippen LogP contribution in [-0.2, 0) is 27.3 Å². The van der Waals surface area contributed by atoms with Crippen LogP contribution in [0.3, 0.4) is 0 Å². The minimum absolute atomic E-state index is 0.113. The Labute approximate surface area is 214 Å². The first-order valence-corrected chi connectivity index (χ1v) is 12.4. The summed E-state index contributed by atoms with van der Waals surface area (Å²) >= 11 is 0. The van der Waals surface area contributed by atoms with E-state index in [1.54, 1.807) is 20.8 Å². The molecular formula is C28H39N3O5. The molecule has 0 unspecified atom stereocenters. The van der Waals surface area contributed by atoms with Crippen LogP contribution in [0.15, 0.2) is 60.7 Å². The molecule has 0 aromatic heterocycles. The maximum absolute atomic E-state index is 13.0. The summed E-state index contributed by atoms with van der Waals surface area (Å²) in [6.45, 7) is 7.86. The molecule has 0 aliphatic heterocycles. The second-order valence-corrected chi connectivity index (χ2v) is 9.78. The molecule has 2 rings (SSSR count). The van der Waals surface area contributed by atoms with Gasteiger partial charge in [-0.15, -0.1) is 0 Å². The second-order valence-electron chi connectivity index (χ2n) is 9.78. The number of carbonyl (C=O) groups is 3. The van der Waals surface area contributed by atoms with Crippen molar-refractivity contribution in [1.29, 1.82) is 0 Å². The van der Waals surface area contributed by atoms with E-state index in [2.05, 4.69) is 16.0 Å². The molecule has 0 aliphatic carbocycles. The quantitative estimate of drug-likeness (QED) is 0.368. The van der Waals surface area contributed by atoms with E-state index in [4.69, 9.17) is 9.47 Å². The highest BCUT2D eigenvalue weighted by molar-refractivity contribution is 5.85. The Bertz CT molecular complexity index is 945. The Morgan fingerprint density at radius 1 is 0.833 bits per heavy atom. The maximum Gasteiger partial charge on any atom is 0.408 e. The third-order valence-electron chi connectivity index (χ3n) is 5.18. The molecule has 0 saturated heterocycles. The smallest absolute Gasteiger partial charge is 0.408 e. The molecule has 0 bridgehead atoms. The van der Waals surface area contributed by atoms with E-state index < -0.39 is 23.8 Å². The van der Waals surface area contributed by atoms with E-state index in [0.29, 0.717) is 32.2 Å². The largest absolute Gasteiger partial charge is 0.445 e. The molecule has 0 heterocycles. The summed E-state index contributed by atoms with van der Waals surface area (Å²) in [5.74, 6) is -0.268. The zero-order valence-corrected chi connectivity index (χ0v) is 21.7. The lowest BCUT2D eigenvalue weighted by Crippen LogP contribution is -2.49. The molecule has 2 atom stereocenters. The minimum Gasteiger partial charge on any atom is -0.445 e. The van der Waals surface area contributed by atoms with Crippen LogP contribution in [0.2, 0.25) is 0 Å². The van der Waals surface area contributed by atoms with Crippen molar-refractivity contribution in [3.63, 3.8) is 0 Å². The lowest BCUT2D eigenvalue weighted by molar-refractivity contribution is -0.123. The van der Waals surface area contributed by atoms with Crippen LogP contribution >= 0.6 is 0 Å². The molecule has 2 aromatic carbocycles. The normalized spacial score (nSPS) is 12.7. The number of carbonyl (C=O) groups excluding carboxylic acids is 3. The number of amides is 3. The number of rotatable bonds is 12. The van der Waals surface area contributed by atoms with Crippen molar-refractivity contribution in [3.05, 3.63) is 71.8 Å². The van der Waals surface area contributed by atoms with Crippen molar-refractivity contribution < 1.29 is 23.9 Å². The summed E-state index contributed by atoms with van der Waals surface area (Å²) in [6, 6.07) is 18.4. The van der Waals surface area contributed by atoms with Gasteiger partial charge in [-0.1, -0.05) is 60.7 Å². The third-order valence-corrected chi connectivity index (χ3v) is 5.18. The van der Waals surface area contributed by atoms with Crippen molar-refractivity contribution in [2.75, 3.05) is 6.54 Å². The first-order valence-electron chi connectivity index (χ1n) is 12.4. The summed E-state index contributed by atoms with van der Waals surface area (Å²) in [5.41, 5.74) is 1.41. The fourth-order valence-electron chi connectivity index (χ4n) is 3.52. The maximum atomic E-state index is 13.0. The van der Waals surface area contributed by atoms with E-state index in [1.165, 1.54) is 0 Å². The number of unbranched alkanes of at least 4 members (excludes halogenated alkanes) is 1. The molecule has 0 spiro atoms. The van der Waals surface area contributed by atoms with Crippen LogP contribution in [0.25, 0.3) is 0 Å². The molecule has 8 heteroatoms. The van der Waals surface area contributed by atoms with Crippen LogP contribution in [0, 0.1) is 0 Å². The number of ether oxygens (including phenoxy) is 2. The van der Waals surface area contributed by atoms with Crippen molar-refractivity contribution in [2.24, 2.45) is 0 Å². The van der Waals surface area contributed by atoms with E-state index >= 15 is 0 Å². The molecule has 0 saturated carbocycles. The summed E-state index contributed by atoms with van der Waals surface area (Å²) in [6.07, 6.45) is 1.19. The molecule has 0 fully saturated rings. The van der Waals surface area contributed by atoms with Gasteiger partial charge in [-0.2, -0.15) is 0 Å². The van der Waals surface area contributed by atoms with Gasteiger partial charge in [-0.3, -0.25) is 4.79 Å². The number of hydrogen-bond donors (Lipinski definition) is 3. The highest BCUT2D eigenvalue weighted by atomic mass is 16.6. The Morgan fingerprint density at radius 3 is 2.06 bits per heavy atom. The molecule has 3 amide bonds. The number of alkyl carbamates (subject to hydrolysis) is 2. The zero-order chi connectivity index (χ0) is 26.4. The van der Waals surface area contributed by atoms with Gasteiger partial charge >= 0.3 is 12.2 Å². The van der Waals surface area contributed by atoms with Gasteiger partial charge in [0.15, 0.2) is 0 Å². The Balaban J connectivity index is 1.87. The molecule has 196 valence electrons.